The number of fused-ring (bicyclic) bond motifs is 2. The number of carbonyl (C=O) groups is 1. The molecule has 8 nitrogen and oxygen atoms in total. The van der Waals surface area contributed by atoms with Crippen molar-refractivity contribution < 1.29 is 36.9 Å². The van der Waals surface area contributed by atoms with Crippen molar-refractivity contribution in [3.05, 3.63) is 72.2 Å². The lowest BCUT2D eigenvalue weighted by atomic mass is 10.1. The number of likely N-dealkylation sites (tertiary alicyclic amines) is 1. The Kier molecular flexibility index (Phi) is 7.92. The van der Waals surface area contributed by atoms with Gasteiger partial charge in [-0.05, 0) is 62.2 Å². The summed E-state index contributed by atoms with van der Waals surface area (Å²) in [4.78, 5) is 19.1. The molecule has 2 fully saturated rings. The van der Waals surface area contributed by atoms with Gasteiger partial charge in [-0.15, -0.1) is 13.2 Å². The number of carbonyl (C=O) groups excluding carboxylic acids is 1. The first-order valence-corrected chi connectivity index (χ1v) is 12.8. The fourth-order valence-corrected chi connectivity index (χ4v) is 4.94. The molecule has 2 saturated heterocycles. The Hall–Kier alpha value is -3.74. The van der Waals surface area contributed by atoms with Gasteiger partial charge in [0.1, 0.15) is 12.0 Å². The summed E-state index contributed by atoms with van der Waals surface area (Å²) >= 11 is 0. The normalized spacial score (nSPS) is 20.6. The number of amides is 1. The Morgan fingerprint density at radius 3 is 2.52 bits per heavy atom. The molecule has 2 aliphatic rings. The summed E-state index contributed by atoms with van der Waals surface area (Å²) in [6, 6.07) is 12.1. The van der Waals surface area contributed by atoms with Crippen LogP contribution in [-0.4, -0.2) is 64.8 Å². The number of nitrogens with zero attached hydrogens (tertiary/aromatic N) is 2. The Balaban J connectivity index is 1.30. The van der Waals surface area contributed by atoms with E-state index in [0.717, 1.165) is 18.9 Å². The summed E-state index contributed by atoms with van der Waals surface area (Å²) in [5, 5.41) is 16.2. The van der Waals surface area contributed by atoms with E-state index in [0.29, 0.717) is 24.3 Å². The van der Waals surface area contributed by atoms with Gasteiger partial charge in [-0.2, -0.15) is 0 Å². The molecule has 2 aliphatic heterocycles. The number of aromatic nitrogens is 1. The molecule has 5 rings (SSSR count). The Bertz CT molecular complexity index is 1340. The van der Waals surface area contributed by atoms with Gasteiger partial charge in [0.15, 0.2) is 5.75 Å². The average Bonchev–Trinajstić information content (AvgIpc) is 3.26. The summed E-state index contributed by atoms with van der Waals surface area (Å²) in [5.74, 6) is -1.54. The topological polar surface area (TPSA) is 96.0 Å². The number of pyridine rings is 1. The van der Waals surface area contributed by atoms with Crippen LogP contribution in [0.5, 0.6) is 5.75 Å². The van der Waals surface area contributed by atoms with Gasteiger partial charge >= 0.3 is 6.36 Å². The minimum atomic E-state index is -4.96. The maximum atomic E-state index is 13.5. The van der Waals surface area contributed by atoms with Crippen molar-refractivity contribution in [2.24, 2.45) is 0 Å². The number of rotatable bonds is 8. The third-order valence-corrected chi connectivity index (χ3v) is 7.02. The third kappa shape index (κ3) is 6.69. The molecule has 1 amide bonds. The highest BCUT2D eigenvalue weighted by atomic mass is 19.4. The molecule has 0 radical (unpaired) electrons. The maximum absolute atomic E-state index is 13.5. The lowest BCUT2D eigenvalue weighted by Crippen LogP contribution is -2.52. The van der Waals surface area contributed by atoms with E-state index in [9.17, 15) is 27.5 Å². The molecule has 3 aromatic rings. The van der Waals surface area contributed by atoms with Crippen LogP contribution in [0.15, 0.2) is 60.8 Å². The van der Waals surface area contributed by atoms with E-state index in [1.165, 1.54) is 36.5 Å². The minimum absolute atomic E-state index is 0.0773. The van der Waals surface area contributed by atoms with Gasteiger partial charge in [-0.25, -0.2) is 4.39 Å². The molecule has 0 aliphatic carbocycles. The van der Waals surface area contributed by atoms with Gasteiger partial charge in [0.25, 0.3) is 5.91 Å². The number of ether oxygens (including phenoxy) is 2. The quantitative estimate of drug-likeness (QED) is 0.263. The van der Waals surface area contributed by atoms with E-state index in [-0.39, 0.29) is 29.1 Å². The maximum Gasteiger partial charge on any atom is 0.573 e. The molecule has 2 aromatic carbocycles. The second-order valence-electron chi connectivity index (χ2n) is 9.90. The number of alkyl halides is 3. The second-order valence-corrected chi connectivity index (χ2v) is 9.90. The number of halogens is 4. The highest BCUT2D eigenvalue weighted by Crippen LogP contribution is 2.34. The fourth-order valence-electron chi connectivity index (χ4n) is 4.94. The number of anilines is 2. The monoisotopic (exact) mass is 560 g/mol. The number of hydrogen-bond donors (Lipinski definition) is 3. The summed E-state index contributed by atoms with van der Waals surface area (Å²) in [7, 11) is 0. The highest BCUT2D eigenvalue weighted by molar-refractivity contribution is 6.04. The number of nitrogens with one attached hydrogen (secondary N) is 2. The molecular formula is C28H28F4N4O4. The van der Waals surface area contributed by atoms with Crippen LogP contribution in [0.2, 0.25) is 0 Å². The molecule has 1 aromatic heterocycles. The number of aliphatic hydroxyl groups excluding tert-OH is 1. The van der Waals surface area contributed by atoms with Crippen molar-refractivity contribution in [2.75, 3.05) is 23.7 Å². The number of hydrogen-bond acceptors (Lipinski definition) is 7. The Morgan fingerprint density at radius 1 is 1.12 bits per heavy atom. The Morgan fingerprint density at radius 2 is 1.88 bits per heavy atom. The largest absolute Gasteiger partial charge is 0.573 e. The van der Waals surface area contributed by atoms with Gasteiger partial charge in [0.2, 0.25) is 0 Å². The minimum Gasteiger partial charge on any atom is -0.404 e. The van der Waals surface area contributed by atoms with Crippen LogP contribution in [0.4, 0.5) is 28.9 Å². The van der Waals surface area contributed by atoms with E-state index in [4.69, 9.17) is 4.74 Å². The number of aliphatic hydroxyl groups is 1. The average molecular weight is 561 g/mol. The molecule has 12 heteroatoms. The second kappa shape index (κ2) is 11.4. The van der Waals surface area contributed by atoms with Gasteiger partial charge in [0, 0.05) is 30.5 Å². The van der Waals surface area contributed by atoms with E-state index in [2.05, 4.69) is 20.4 Å². The molecule has 4 atom stereocenters. The molecule has 3 N–H and O–H groups in total. The van der Waals surface area contributed by atoms with Crippen LogP contribution in [0.3, 0.4) is 0 Å². The van der Waals surface area contributed by atoms with Crippen molar-refractivity contribution in [1.82, 2.24) is 9.88 Å². The van der Waals surface area contributed by atoms with Crippen LogP contribution in [-0.2, 0) is 4.74 Å². The predicted octanol–water partition coefficient (Wildman–Crippen LogP) is 5.02. The molecule has 4 unspecified atom stereocenters. The van der Waals surface area contributed by atoms with Crippen LogP contribution < -0.4 is 15.4 Å². The molecule has 40 heavy (non-hydrogen) atoms. The number of benzene rings is 2. The predicted molar refractivity (Wildman–Crippen MR) is 139 cm³/mol. The van der Waals surface area contributed by atoms with Gasteiger partial charge in [-0.3, -0.25) is 14.7 Å². The molecule has 0 saturated carbocycles. The molecule has 212 valence electrons. The Labute approximate surface area is 227 Å². The van der Waals surface area contributed by atoms with Crippen LogP contribution in [0, 0.1) is 5.82 Å². The van der Waals surface area contributed by atoms with E-state index in [1.54, 1.807) is 25.1 Å². The zero-order chi connectivity index (χ0) is 28.4. The van der Waals surface area contributed by atoms with Crippen LogP contribution in [0.25, 0.3) is 11.3 Å². The fraction of sp³-hybridized carbons (Fsp3) is 0.357. The van der Waals surface area contributed by atoms with E-state index >= 15 is 0 Å². The summed E-state index contributed by atoms with van der Waals surface area (Å²) in [6.07, 6.45) is -2.86. The van der Waals surface area contributed by atoms with Gasteiger partial charge < -0.3 is 25.2 Å². The molecule has 0 spiro atoms. The van der Waals surface area contributed by atoms with E-state index in [1.807, 2.05) is 4.90 Å². The van der Waals surface area contributed by atoms with Crippen molar-refractivity contribution in [3.63, 3.8) is 0 Å². The first-order valence-electron chi connectivity index (χ1n) is 12.8. The van der Waals surface area contributed by atoms with Crippen LogP contribution in [0.1, 0.15) is 30.1 Å². The van der Waals surface area contributed by atoms with E-state index < -0.39 is 36.1 Å². The van der Waals surface area contributed by atoms with Crippen molar-refractivity contribution in [2.45, 2.75) is 50.6 Å². The summed E-state index contributed by atoms with van der Waals surface area (Å²) < 4.78 is 62.7. The zero-order valence-electron chi connectivity index (χ0n) is 21.5. The summed E-state index contributed by atoms with van der Waals surface area (Å²) in [5.41, 5.74) is 1.21. The molecule has 3 heterocycles. The van der Waals surface area contributed by atoms with Crippen molar-refractivity contribution in [3.8, 4) is 17.0 Å². The van der Waals surface area contributed by atoms with Crippen molar-refractivity contribution >= 4 is 17.3 Å². The lowest BCUT2D eigenvalue weighted by molar-refractivity contribution is -0.274. The first kappa shape index (κ1) is 27.8. The smallest absolute Gasteiger partial charge is 0.404 e. The van der Waals surface area contributed by atoms with Crippen molar-refractivity contribution in [1.29, 1.82) is 0 Å². The lowest BCUT2D eigenvalue weighted by Gasteiger charge is -2.38. The SMILES string of the molecule is CC(C(O)Nc1cc(NC(=O)c2ccc(-c3cccc(F)c3)nc2)ccc1OC(F)(F)F)N1CC2CCC(C1)O2. The van der Waals surface area contributed by atoms with Crippen LogP contribution >= 0.6 is 0 Å². The van der Waals surface area contributed by atoms with Gasteiger partial charge in [-0.1, -0.05) is 12.1 Å². The highest BCUT2D eigenvalue weighted by Gasteiger charge is 2.37. The molecule has 2 bridgehead atoms. The zero-order valence-corrected chi connectivity index (χ0v) is 21.5. The third-order valence-electron chi connectivity index (χ3n) is 7.02. The first-order chi connectivity index (χ1) is 19.0. The molecular weight excluding hydrogens is 532 g/mol. The summed E-state index contributed by atoms with van der Waals surface area (Å²) in [6.45, 7) is 3.01. The number of morpholine rings is 1. The standard InChI is InChI=1S/C28H28F4N4O4/c1-16(36-14-21-7-8-22(15-36)39-21)26(37)35-24-12-20(6-10-25(24)40-28(30,31)32)34-27(38)18-5-9-23(33-13-18)17-3-2-4-19(29)11-17/h2-6,9-13,16,21-22,26,35,37H,7-8,14-15H2,1H3,(H,34,38). The van der Waals surface area contributed by atoms with Gasteiger partial charge in [0.05, 0.1) is 35.2 Å².